The first-order valence-electron chi connectivity index (χ1n) is 8.51. The van der Waals surface area contributed by atoms with Gasteiger partial charge in [0, 0.05) is 12.6 Å². The zero-order valence-corrected chi connectivity index (χ0v) is 13.2. The maximum absolute atomic E-state index is 11.0. The molecular formula is C18H26N2O2. The third-order valence-electron chi connectivity index (χ3n) is 5.04. The van der Waals surface area contributed by atoms with E-state index in [1.807, 2.05) is 12.1 Å². The Morgan fingerprint density at radius 3 is 2.50 bits per heavy atom. The molecule has 1 N–H and O–H groups in total. The Hall–Kier alpha value is -1.39. The average Bonchev–Trinajstić information content (AvgIpc) is 2.56. The molecule has 2 aliphatic heterocycles. The molecule has 4 heteroatoms. The molecule has 1 aromatic carbocycles. The summed E-state index contributed by atoms with van der Waals surface area (Å²) in [6.45, 7) is 5.68. The largest absolute Gasteiger partial charge is 0.478 e. The van der Waals surface area contributed by atoms with Gasteiger partial charge in [-0.1, -0.05) is 18.6 Å². The first-order valence-corrected chi connectivity index (χ1v) is 8.51. The molecule has 22 heavy (non-hydrogen) atoms. The molecule has 4 nitrogen and oxygen atoms in total. The van der Waals surface area contributed by atoms with Crippen LogP contribution in [0.4, 0.5) is 0 Å². The average molecular weight is 302 g/mol. The molecule has 1 aromatic rings. The van der Waals surface area contributed by atoms with Crippen LogP contribution in [0.25, 0.3) is 0 Å². The van der Waals surface area contributed by atoms with Crippen LogP contribution in [0.15, 0.2) is 24.3 Å². The highest BCUT2D eigenvalue weighted by atomic mass is 16.4. The molecule has 0 unspecified atom stereocenters. The zero-order chi connectivity index (χ0) is 15.4. The van der Waals surface area contributed by atoms with E-state index < -0.39 is 5.97 Å². The number of likely N-dealkylation sites (tertiary alicyclic amines) is 2. The molecular weight excluding hydrogens is 276 g/mol. The van der Waals surface area contributed by atoms with Crippen LogP contribution in [0, 0.1) is 0 Å². The van der Waals surface area contributed by atoms with E-state index in [1.165, 1.54) is 45.2 Å². The Bertz CT molecular complexity index is 504. The third-order valence-corrected chi connectivity index (χ3v) is 5.04. The van der Waals surface area contributed by atoms with Crippen molar-refractivity contribution in [3.05, 3.63) is 35.4 Å². The van der Waals surface area contributed by atoms with Gasteiger partial charge in [0.2, 0.25) is 0 Å². The van der Waals surface area contributed by atoms with Crippen molar-refractivity contribution in [2.45, 2.75) is 44.7 Å². The van der Waals surface area contributed by atoms with Crippen LogP contribution in [-0.4, -0.2) is 53.1 Å². The smallest absolute Gasteiger partial charge is 0.335 e. The quantitative estimate of drug-likeness (QED) is 0.929. The Balaban J connectivity index is 1.51. The van der Waals surface area contributed by atoms with Crippen molar-refractivity contribution in [3.8, 4) is 0 Å². The van der Waals surface area contributed by atoms with Gasteiger partial charge in [0.15, 0.2) is 0 Å². The van der Waals surface area contributed by atoms with Gasteiger partial charge in [-0.15, -0.1) is 0 Å². The number of hydrogen-bond donors (Lipinski definition) is 1. The topological polar surface area (TPSA) is 43.8 Å². The van der Waals surface area contributed by atoms with E-state index in [4.69, 9.17) is 5.11 Å². The number of benzene rings is 1. The highest BCUT2D eigenvalue weighted by Crippen LogP contribution is 2.22. The zero-order valence-electron chi connectivity index (χ0n) is 13.2. The first kappa shape index (κ1) is 15.5. The van der Waals surface area contributed by atoms with E-state index in [0.29, 0.717) is 5.56 Å². The van der Waals surface area contributed by atoms with Gasteiger partial charge < -0.3 is 10.0 Å². The molecule has 0 aliphatic carbocycles. The number of aromatic carboxylic acids is 1. The van der Waals surface area contributed by atoms with Gasteiger partial charge >= 0.3 is 5.97 Å². The van der Waals surface area contributed by atoms with Gasteiger partial charge in [-0.3, -0.25) is 4.90 Å². The van der Waals surface area contributed by atoms with Crippen LogP contribution in [0.2, 0.25) is 0 Å². The van der Waals surface area contributed by atoms with E-state index >= 15 is 0 Å². The molecule has 0 spiro atoms. The minimum absolute atomic E-state index is 0.390. The Morgan fingerprint density at radius 2 is 1.82 bits per heavy atom. The molecule has 2 fully saturated rings. The fourth-order valence-electron chi connectivity index (χ4n) is 3.79. The number of carbonyl (C=O) groups is 1. The molecule has 0 amide bonds. The normalized spacial score (nSPS) is 21.8. The van der Waals surface area contributed by atoms with Crippen LogP contribution in [-0.2, 0) is 6.54 Å². The second kappa shape index (κ2) is 7.25. The summed E-state index contributed by atoms with van der Waals surface area (Å²) in [5, 5.41) is 9.07. The summed E-state index contributed by atoms with van der Waals surface area (Å²) in [6.07, 6.45) is 6.62. The summed E-state index contributed by atoms with van der Waals surface area (Å²) in [7, 11) is 0. The van der Waals surface area contributed by atoms with Gasteiger partial charge in [-0.05, 0) is 69.6 Å². The lowest BCUT2D eigenvalue weighted by molar-refractivity contribution is 0.0696. The minimum Gasteiger partial charge on any atom is -0.478 e. The van der Waals surface area contributed by atoms with Gasteiger partial charge in [-0.25, -0.2) is 4.79 Å². The molecule has 3 rings (SSSR count). The molecule has 0 saturated carbocycles. The summed E-state index contributed by atoms with van der Waals surface area (Å²) in [4.78, 5) is 16.2. The van der Waals surface area contributed by atoms with Gasteiger partial charge in [0.1, 0.15) is 0 Å². The van der Waals surface area contributed by atoms with Gasteiger partial charge in [0.25, 0.3) is 0 Å². The van der Waals surface area contributed by atoms with Crippen LogP contribution < -0.4 is 0 Å². The highest BCUT2D eigenvalue weighted by Gasteiger charge is 2.25. The summed E-state index contributed by atoms with van der Waals surface area (Å²) in [6, 6.07) is 8.11. The molecule has 0 radical (unpaired) electrons. The van der Waals surface area contributed by atoms with Crippen molar-refractivity contribution in [1.29, 1.82) is 0 Å². The lowest BCUT2D eigenvalue weighted by Crippen LogP contribution is -2.46. The fourth-order valence-corrected chi connectivity index (χ4v) is 3.79. The van der Waals surface area contributed by atoms with Crippen molar-refractivity contribution in [2.75, 3.05) is 26.2 Å². The predicted molar refractivity (Wildman–Crippen MR) is 87.1 cm³/mol. The molecule has 2 aliphatic rings. The summed E-state index contributed by atoms with van der Waals surface area (Å²) >= 11 is 0. The van der Waals surface area contributed by atoms with Crippen LogP contribution in [0.5, 0.6) is 0 Å². The Morgan fingerprint density at radius 1 is 1.09 bits per heavy atom. The maximum Gasteiger partial charge on any atom is 0.335 e. The monoisotopic (exact) mass is 302 g/mol. The number of rotatable bonds is 4. The lowest BCUT2D eigenvalue weighted by atomic mass is 9.99. The van der Waals surface area contributed by atoms with E-state index in [1.54, 1.807) is 12.1 Å². The van der Waals surface area contributed by atoms with Crippen molar-refractivity contribution in [2.24, 2.45) is 0 Å². The summed E-state index contributed by atoms with van der Waals surface area (Å²) in [5.41, 5.74) is 1.50. The number of piperidine rings is 2. The van der Waals surface area contributed by atoms with Crippen LogP contribution >= 0.6 is 0 Å². The Labute approximate surface area is 132 Å². The third kappa shape index (κ3) is 3.87. The number of nitrogens with zero attached hydrogens (tertiary/aromatic N) is 2. The number of hydrogen-bond acceptors (Lipinski definition) is 3. The standard InChI is InChI=1S/C18H26N2O2/c21-18(22)16-6-4-5-15(13-16)14-19-11-7-17(8-12-19)20-9-2-1-3-10-20/h4-6,13,17H,1-3,7-12,14H2,(H,21,22). The number of carboxylic acids is 1. The molecule has 2 saturated heterocycles. The van der Waals surface area contributed by atoms with E-state index in [0.717, 1.165) is 31.2 Å². The van der Waals surface area contributed by atoms with Gasteiger partial charge in [0.05, 0.1) is 5.56 Å². The summed E-state index contributed by atoms with van der Waals surface area (Å²) in [5.74, 6) is -0.842. The highest BCUT2D eigenvalue weighted by molar-refractivity contribution is 5.87. The predicted octanol–water partition coefficient (Wildman–Crippen LogP) is 2.84. The van der Waals surface area contributed by atoms with E-state index in [9.17, 15) is 4.79 Å². The van der Waals surface area contributed by atoms with Crippen molar-refractivity contribution < 1.29 is 9.90 Å². The van der Waals surface area contributed by atoms with Crippen LogP contribution in [0.3, 0.4) is 0 Å². The molecule has 2 heterocycles. The van der Waals surface area contributed by atoms with Crippen LogP contribution in [0.1, 0.15) is 48.0 Å². The maximum atomic E-state index is 11.0. The second-order valence-electron chi connectivity index (χ2n) is 6.61. The lowest BCUT2D eigenvalue weighted by Gasteiger charge is -2.40. The van der Waals surface area contributed by atoms with Gasteiger partial charge in [-0.2, -0.15) is 0 Å². The van der Waals surface area contributed by atoms with E-state index in [-0.39, 0.29) is 0 Å². The molecule has 0 bridgehead atoms. The fraction of sp³-hybridized carbons (Fsp3) is 0.611. The Kier molecular flexibility index (Phi) is 5.11. The number of carboxylic acid groups (broad SMARTS) is 1. The van der Waals surface area contributed by atoms with Crippen molar-refractivity contribution >= 4 is 5.97 Å². The minimum atomic E-state index is -0.842. The SMILES string of the molecule is O=C(O)c1cccc(CN2CCC(N3CCCCC3)CC2)c1. The van der Waals surface area contributed by atoms with Crippen molar-refractivity contribution in [3.63, 3.8) is 0 Å². The van der Waals surface area contributed by atoms with Crippen molar-refractivity contribution in [1.82, 2.24) is 9.80 Å². The summed E-state index contributed by atoms with van der Waals surface area (Å²) < 4.78 is 0. The molecule has 120 valence electrons. The van der Waals surface area contributed by atoms with E-state index in [2.05, 4.69) is 9.80 Å². The first-order chi connectivity index (χ1) is 10.7. The molecule has 0 aromatic heterocycles. The second-order valence-corrected chi connectivity index (χ2v) is 6.61. The molecule has 0 atom stereocenters.